The highest BCUT2D eigenvalue weighted by Gasteiger charge is 2.23. The molecule has 4 aromatic rings. The maximum atomic E-state index is 12.9. The molecule has 0 spiro atoms. The highest BCUT2D eigenvalue weighted by molar-refractivity contribution is 7.13. The van der Waals surface area contributed by atoms with Gasteiger partial charge in [-0.15, -0.1) is 11.3 Å². The van der Waals surface area contributed by atoms with Crippen LogP contribution in [0.25, 0.3) is 16.3 Å². The van der Waals surface area contributed by atoms with Gasteiger partial charge in [0.2, 0.25) is 0 Å². The summed E-state index contributed by atoms with van der Waals surface area (Å²) in [6, 6.07) is 14.0. The van der Waals surface area contributed by atoms with Crippen LogP contribution < -0.4 is 0 Å². The summed E-state index contributed by atoms with van der Waals surface area (Å²) >= 11 is 1.63. The molecule has 0 unspecified atom stereocenters. The number of hydrogen-bond acceptors (Lipinski definition) is 5. The summed E-state index contributed by atoms with van der Waals surface area (Å²) in [5, 5.41) is 10.7. The van der Waals surface area contributed by atoms with Crippen LogP contribution in [0.1, 0.15) is 27.4 Å². The van der Waals surface area contributed by atoms with E-state index < -0.39 is 0 Å². The van der Waals surface area contributed by atoms with Crippen molar-refractivity contribution >= 4 is 17.2 Å². The van der Waals surface area contributed by atoms with Crippen LogP contribution >= 0.6 is 11.3 Å². The molecule has 6 nitrogen and oxygen atoms in total. The van der Waals surface area contributed by atoms with Crippen molar-refractivity contribution in [2.45, 2.75) is 20.4 Å². The van der Waals surface area contributed by atoms with Gasteiger partial charge in [-0.05, 0) is 37.4 Å². The second-order valence-electron chi connectivity index (χ2n) is 6.62. The highest BCUT2D eigenvalue weighted by atomic mass is 32.1. The Morgan fingerprint density at radius 2 is 1.96 bits per heavy atom. The first-order chi connectivity index (χ1) is 13.5. The minimum Gasteiger partial charge on any atom is -0.361 e. The summed E-state index contributed by atoms with van der Waals surface area (Å²) in [5.41, 5.74) is 3.97. The topological polar surface area (TPSA) is 64.2 Å². The van der Waals surface area contributed by atoms with E-state index in [1.165, 1.54) is 0 Å². The Hall–Kier alpha value is -3.19. The Bertz CT molecular complexity index is 1080. The highest BCUT2D eigenvalue weighted by Crippen LogP contribution is 2.29. The molecule has 0 saturated heterocycles. The Kier molecular flexibility index (Phi) is 4.83. The van der Waals surface area contributed by atoms with Gasteiger partial charge in [-0.3, -0.25) is 4.79 Å². The second kappa shape index (κ2) is 7.44. The van der Waals surface area contributed by atoms with E-state index in [9.17, 15) is 4.79 Å². The van der Waals surface area contributed by atoms with Gasteiger partial charge in [0.1, 0.15) is 17.0 Å². The first-order valence-corrected chi connectivity index (χ1v) is 9.78. The lowest BCUT2D eigenvalue weighted by Crippen LogP contribution is -2.27. The number of para-hydroxylation sites is 1. The quantitative estimate of drug-likeness (QED) is 0.502. The van der Waals surface area contributed by atoms with E-state index in [-0.39, 0.29) is 5.91 Å². The summed E-state index contributed by atoms with van der Waals surface area (Å²) < 4.78 is 7.01. The fourth-order valence-corrected chi connectivity index (χ4v) is 3.91. The maximum Gasteiger partial charge on any atom is 0.259 e. The normalized spacial score (nSPS) is 11.0. The third-order valence-corrected chi connectivity index (χ3v) is 5.44. The van der Waals surface area contributed by atoms with E-state index >= 15 is 0 Å². The van der Waals surface area contributed by atoms with E-state index in [1.54, 1.807) is 37.1 Å². The van der Waals surface area contributed by atoms with Gasteiger partial charge in [0.05, 0.1) is 16.3 Å². The van der Waals surface area contributed by atoms with Gasteiger partial charge in [-0.2, -0.15) is 5.10 Å². The largest absolute Gasteiger partial charge is 0.361 e. The van der Waals surface area contributed by atoms with Crippen LogP contribution in [0, 0.1) is 13.8 Å². The minimum atomic E-state index is -0.110. The molecule has 0 aliphatic carbocycles. The number of carbonyl (C=O) groups is 1. The second-order valence-corrected chi connectivity index (χ2v) is 7.57. The number of carbonyl (C=O) groups excluding carboxylic acids is 1. The van der Waals surface area contributed by atoms with Crippen LogP contribution in [0.5, 0.6) is 0 Å². The summed E-state index contributed by atoms with van der Waals surface area (Å²) in [6.07, 6.45) is 1.99. The predicted molar refractivity (Wildman–Crippen MR) is 109 cm³/mol. The zero-order chi connectivity index (χ0) is 19.7. The summed E-state index contributed by atoms with van der Waals surface area (Å²) in [7, 11) is 1.78. The molecule has 0 N–H and O–H groups in total. The standard InChI is InChI=1S/C21H20N4O2S/c1-14-19(15(2)27-23-14)21(26)24(3)12-16-13-25(17-8-5-4-6-9-17)22-20(16)18-10-7-11-28-18/h4-11,13H,12H2,1-3H3. The first-order valence-electron chi connectivity index (χ1n) is 8.90. The molecule has 7 heteroatoms. The SMILES string of the molecule is Cc1noc(C)c1C(=O)N(C)Cc1cn(-c2ccccc2)nc1-c1cccs1. The molecule has 0 aliphatic rings. The summed E-state index contributed by atoms with van der Waals surface area (Å²) in [6.45, 7) is 3.97. The van der Waals surface area contributed by atoms with Crippen LogP contribution in [-0.2, 0) is 6.54 Å². The molecule has 1 amide bonds. The lowest BCUT2D eigenvalue weighted by molar-refractivity contribution is 0.0783. The van der Waals surface area contributed by atoms with Crippen molar-refractivity contribution in [1.82, 2.24) is 19.8 Å². The van der Waals surface area contributed by atoms with Gasteiger partial charge in [0.15, 0.2) is 0 Å². The van der Waals surface area contributed by atoms with E-state index in [0.717, 1.165) is 21.8 Å². The van der Waals surface area contributed by atoms with Gasteiger partial charge in [-0.25, -0.2) is 4.68 Å². The molecule has 0 bridgehead atoms. The average molecular weight is 392 g/mol. The molecule has 4 rings (SSSR count). The van der Waals surface area contributed by atoms with Crippen molar-refractivity contribution in [3.05, 3.63) is 76.6 Å². The monoisotopic (exact) mass is 392 g/mol. The van der Waals surface area contributed by atoms with Gasteiger partial charge >= 0.3 is 0 Å². The number of benzene rings is 1. The first kappa shape index (κ1) is 18.2. The van der Waals surface area contributed by atoms with Gasteiger partial charge in [0, 0.05) is 25.4 Å². The zero-order valence-electron chi connectivity index (χ0n) is 15.9. The molecule has 1 aromatic carbocycles. The summed E-state index contributed by atoms with van der Waals surface area (Å²) in [4.78, 5) is 15.7. The summed E-state index contributed by atoms with van der Waals surface area (Å²) in [5.74, 6) is 0.425. The van der Waals surface area contributed by atoms with Crippen molar-refractivity contribution in [3.63, 3.8) is 0 Å². The zero-order valence-corrected chi connectivity index (χ0v) is 16.7. The van der Waals surface area contributed by atoms with Crippen molar-refractivity contribution in [1.29, 1.82) is 0 Å². The Balaban J connectivity index is 1.68. The van der Waals surface area contributed by atoms with Crippen LogP contribution in [0.4, 0.5) is 0 Å². The number of nitrogens with zero attached hydrogens (tertiary/aromatic N) is 4. The molecule has 3 heterocycles. The minimum absolute atomic E-state index is 0.110. The Morgan fingerprint density at radius 3 is 2.61 bits per heavy atom. The third kappa shape index (κ3) is 3.36. The van der Waals surface area contributed by atoms with E-state index in [2.05, 4.69) is 5.16 Å². The fraction of sp³-hybridized carbons (Fsp3) is 0.190. The molecular weight excluding hydrogens is 372 g/mol. The lowest BCUT2D eigenvalue weighted by atomic mass is 10.1. The number of amides is 1. The van der Waals surface area contributed by atoms with E-state index in [4.69, 9.17) is 9.62 Å². The maximum absolute atomic E-state index is 12.9. The molecule has 0 radical (unpaired) electrons. The van der Waals surface area contributed by atoms with Crippen molar-refractivity contribution in [2.75, 3.05) is 7.05 Å². The molecule has 0 atom stereocenters. The van der Waals surface area contributed by atoms with Gasteiger partial charge in [0.25, 0.3) is 5.91 Å². The Morgan fingerprint density at radius 1 is 1.18 bits per heavy atom. The lowest BCUT2D eigenvalue weighted by Gasteiger charge is -2.16. The number of hydrogen-bond donors (Lipinski definition) is 0. The van der Waals surface area contributed by atoms with E-state index in [0.29, 0.717) is 23.6 Å². The smallest absolute Gasteiger partial charge is 0.259 e. The van der Waals surface area contributed by atoms with Crippen LogP contribution in [0.3, 0.4) is 0 Å². The van der Waals surface area contributed by atoms with Crippen LogP contribution in [0.15, 0.2) is 58.6 Å². The molecule has 28 heavy (non-hydrogen) atoms. The van der Waals surface area contributed by atoms with Crippen molar-refractivity contribution in [3.8, 4) is 16.3 Å². The number of aromatic nitrogens is 3. The van der Waals surface area contributed by atoms with Crippen LogP contribution in [0.2, 0.25) is 0 Å². The molecule has 0 saturated carbocycles. The van der Waals surface area contributed by atoms with Gasteiger partial charge in [-0.1, -0.05) is 29.4 Å². The molecule has 0 aliphatic heterocycles. The van der Waals surface area contributed by atoms with Gasteiger partial charge < -0.3 is 9.42 Å². The Labute approximate surface area is 167 Å². The molecular formula is C21H20N4O2S. The molecule has 3 aromatic heterocycles. The van der Waals surface area contributed by atoms with Crippen LogP contribution in [-0.4, -0.2) is 32.8 Å². The number of aryl methyl sites for hydroxylation is 2. The van der Waals surface area contributed by atoms with Crippen molar-refractivity contribution in [2.24, 2.45) is 0 Å². The molecule has 142 valence electrons. The number of rotatable bonds is 5. The third-order valence-electron chi connectivity index (χ3n) is 4.57. The average Bonchev–Trinajstić information content (AvgIpc) is 3.42. The van der Waals surface area contributed by atoms with E-state index in [1.807, 2.05) is 58.7 Å². The molecule has 0 fully saturated rings. The number of thiophene rings is 1. The fourth-order valence-electron chi connectivity index (χ4n) is 3.17. The predicted octanol–water partition coefficient (Wildman–Crippen LogP) is 4.48. The van der Waals surface area contributed by atoms with Crippen molar-refractivity contribution < 1.29 is 9.32 Å².